The molecule has 2 heteroatoms. The fraction of sp³-hybridized carbons (Fsp3) is 0.625. The second kappa shape index (κ2) is 29.9. The molecule has 0 heterocycles. The molecule has 3 rings (SSSR count). The summed E-state index contributed by atoms with van der Waals surface area (Å²) in [6, 6.07) is 26.2. The van der Waals surface area contributed by atoms with Crippen LogP contribution in [0.25, 0.3) is 0 Å². The van der Waals surface area contributed by atoms with Gasteiger partial charge in [0, 0.05) is 0 Å². The molecular formula is C48H78O2. The number of aryl methyl sites for hydroxylation is 3. The first-order chi connectivity index (χ1) is 24.2. The summed E-state index contributed by atoms with van der Waals surface area (Å²) in [5.74, 6) is 4.21. The largest absolute Gasteiger partial charge is 0.508 e. The first kappa shape index (κ1) is 45.3. The van der Waals surface area contributed by atoms with Crippen LogP contribution in [0.2, 0.25) is 0 Å². The number of phenols is 2. The van der Waals surface area contributed by atoms with Crippen LogP contribution in [0, 0.1) is 23.7 Å². The van der Waals surface area contributed by atoms with Gasteiger partial charge in [-0.2, -0.15) is 0 Å². The van der Waals surface area contributed by atoms with E-state index in [0.717, 1.165) is 47.6 Å². The number of phenolic OH excluding ortho intramolecular Hbond substituents is 2. The van der Waals surface area contributed by atoms with Crippen molar-refractivity contribution in [2.75, 3.05) is 0 Å². The van der Waals surface area contributed by atoms with E-state index in [1.54, 1.807) is 12.1 Å². The van der Waals surface area contributed by atoms with Crippen molar-refractivity contribution < 1.29 is 10.2 Å². The Hall–Kier alpha value is -2.74. The minimum Gasteiger partial charge on any atom is -0.508 e. The number of rotatable bonds is 23. The molecule has 2 nitrogen and oxygen atoms in total. The Kier molecular flexibility index (Phi) is 27.1. The maximum Gasteiger partial charge on any atom is 0.118 e. The van der Waals surface area contributed by atoms with Crippen molar-refractivity contribution in [3.8, 4) is 11.5 Å². The predicted octanol–water partition coefficient (Wildman–Crippen LogP) is 14.9. The van der Waals surface area contributed by atoms with Gasteiger partial charge in [0.1, 0.15) is 11.5 Å². The van der Waals surface area contributed by atoms with Crippen LogP contribution in [0.4, 0.5) is 0 Å². The average Bonchev–Trinajstić information content (AvgIpc) is 3.12. The minimum atomic E-state index is 0.443. The summed E-state index contributed by atoms with van der Waals surface area (Å²) in [7, 11) is 0. The molecule has 0 spiro atoms. The molecule has 0 amide bonds. The Morgan fingerprint density at radius 1 is 0.420 bits per heavy atom. The van der Waals surface area contributed by atoms with Crippen molar-refractivity contribution in [2.45, 2.75) is 170 Å². The second-order valence-electron chi connectivity index (χ2n) is 15.5. The molecular weight excluding hydrogens is 609 g/mol. The van der Waals surface area contributed by atoms with Gasteiger partial charge in [0.05, 0.1) is 0 Å². The molecule has 2 N–H and O–H groups in total. The zero-order chi connectivity index (χ0) is 36.8. The van der Waals surface area contributed by atoms with Crippen molar-refractivity contribution in [3.05, 3.63) is 95.6 Å². The van der Waals surface area contributed by atoms with E-state index >= 15 is 0 Å². The first-order valence-corrected chi connectivity index (χ1v) is 20.8. The Morgan fingerprint density at radius 3 is 1.28 bits per heavy atom. The van der Waals surface area contributed by atoms with Crippen molar-refractivity contribution in [2.24, 2.45) is 23.7 Å². The zero-order valence-electron chi connectivity index (χ0n) is 33.6. The molecule has 0 aliphatic heterocycles. The molecule has 0 radical (unpaired) electrons. The zero-order valence-corrected chi connectivity index (χ0v) is 33.6. The van der Waals surface area contributed by atoms with Gasteiger partial charge in [-0.1, -0.05) is 186 Å². The molecule has 3 aromatic carbocycles. The molecule has 0 bridgehead atoms. The molecule has 0 fully saturated rings. The van der Waals surface area contributed by atoms with E-state index in [0.29, 0.717) is 11.5 Å². The van der Waals surface area contributed by atoms with E-state index < -0.39 is 0 Å². The van der Waals surface area contributed by atoms with Gasteiger partial charge in [0.25, 0.3) is 0 Å². The predicted molar refractivity (Wildman–Crippen MR) is 221 cm³/mol. The highest BCUT2D eigenvalue weighted by molar-refractivity contribution is 5.32. The molecule has 0 saturated heterocycles. The van der Waals surface area contributed by atoms with Gasteiger partial charge < -0.3 is 10.2 Å². The van der Waals surface area contributed by atoms with E-state index in [9.17, 15) is 10.2 Å². The molecule has 0 aromatic heterocycles. The van der Waals surface area contributed by atoms with Gasteiger partial charge in [-0.15, -0.1) is 0 Å². The van der Waals surface area contributed by atoms with Crippen molar-refractivity contribution >= 4 is 0 Å². The molecule has 50 heavy (non-hydrogen) atoms. The summed E-state index contributed by atoms with van der Waals surface area (Å²) in [6.07, 6.45) is 24.6. The Morgan fingerprint density at radius 2 is 0.820 bits per heavy atom. The first-order valence-electron chi connectivity index (χ1n) is 20.8. The van der Waals surface area contributed by atoms with Gasteiger partial charge in [-0.05, 0) is 104 Å². The molecule has 0 aliphatic rings. The Balaban J connectivity index is 0.000000378. The smallest absolute Gasteiger partial charge is 0.118 e. The van der Waals surface area contributed by atoms with Crippen LogP contribution >= 0.6 is 0 Å². The quantitative estimate of drug-likeness (QED) is 0.0975. The highest BCUT2D eigenvalue weighted by Crippen LogP contribution is 2.24. The van der Waals surface area contributed by atoms with Crippen LogP contribution in [0.3, 0.4) is 0 Å². The van der Waals surface area contributed by atoms with Crippen LogP contribution in [-0.2, 0) is 19.3 Å². The van der Waals surface area contributed by atoms with Gasteiger partial charge >= 0.3 is 0 Å². The second-order valence-corrected chi connectivity index (χ2v) is 15.5. The topological polar surface area (TPSA) is 40.5 Å². The summed E-state index contributed by atoms with van der Waals surface area (Å²) >= 11 is 0. The molecule has 4 unspecified atom stereocenters. The summed E-state index contributed by atoms with van der Waals surface area (Å²) in [5.41, 5.74) is 3.66. The van der Waals surface area contributed by atoms with Gasteiger partial charge in [-0.25, -0.2) is 0 Å². The third-order valence-electron chi connectivity index (χ3n) is 10.5. The summed E-state index contributed by atoms with van der Waals surface area (Å²) in [6.45, 7) is 16.2. The lowest BCUT2D eigenvalue weighted by atomic mass is 9.91. The number of hydrogen-bond donors (Lipinski definition) is 2. The van der Waals surface area contributed by atoms with Crippen LogP contribution in [0.1, 0.15) is 168 Å². The van der Waals surface area contributed by atoms with Crippen LogP contribution in [0.15, 0.2) is 78.9 Å². The summed E-state index contributed by atoms with van der Waals surface area (Å²) < 4.78 is 0. The molecule has 4 atom stereocenters. The van der Waals surface area contributed by atoms with Crippen molar-refractivity contribution in [3.63, 3.8) is 0 Å². The average molecular weight is 687 g/mol. The third kappa shape index (κ3) is 23.6. The number of para-hydroxylation sites is 2. The molecule has 282 valence electrons. The lowest BCUT2D eigenvalue weighted by Crippen LogP contribution is -2.03. The van der Waals surface area contributed by atoms with Gasteiger partial charge in [0.15, 0.2) is 0 Å². The van der Waals surface area contributed by atoms with Crippen molar-refractivity contribution in [1.82, 2.24) is 0 Å². The molecule has 0 saturated carbocycles. The van der Waals surface area contributed by atoms with Crippen molar-refractivity contribution in [1.29, 1.82) is 0 Å². The Labute approximate surface area is 310 Å². The summed E-state index contributed by atoms with van der Waals surface area (Å²) in [4.78, 5) is 0. The molecule has 0 aliphatic carbocycles. The van der Waals surface area contributed by atoms with E-state index in [1.165, 1.54) is 115 Å². The highest BCUT2D eigenvalue weighted by atomic mass is 16.3. The number of aromatic hydroxyl groups is 2. The highest BCUT2D eigenvalue weighted by Gasteiger charge is 2.09. The minimum absolute atomic E-state index is 0.443. The van der Waals surface area contributed by atoms with E-state index in [-0.39, 0.29) is 0 Å². The lowest BCUT2D eigenvalue weighted by molar-refractivity contribution is 0.384. The van der Waals surface area contributed by atoms with Gasteiger partial charge in [-0.3, -0.25) is 0 Å². The third-order valence-corrected chi connectivity index (χ3v) is 10.5. The maximum atomic E-state index is 9.65. The number of hydrogen-bond acceptors (Lipinski definition) is 2. The standard InChI is InChI=1S/C18H30O.C15H24O.C15H24/c1-2-3-4-5-6-7-8-9-10-11-14-17-15-12-13-16-18(17)19;1-4-12(2)11-13(3)9-10-14-7-5-6-8-15(14)16;1-4-13(2)12-14(3)10-11-15-8-6-5-7-9-15/h12-13,15-16,19H,2-11,14H2,1H3;5-8,12-13,16H,4,9-11H2,1-3H3;5-9,13-14H,4,10-12H2,1-3H3. The monoisotopic (exact) mass is 687 g/mol. The van der Waals surface area contributed by atoms with Gasteiger partial charge in [0.2, 0.25) is 0 Å². The number of unbranched alkanes of at least 4 members (excludes halogenated alkanes) is 9. The molecule has 3 aromatic rings. The number of benzene rings is 3. The van der Waals surface area contributed by atoms with Crippen LogP contribution in [0.5, 0.6) is 11.5 Å². The SMILES string of the molecule is CCC(C)CC(C)CCc1ccccc1.CCC(C)CC(C)CCc1ccccc1O.CCCCCCCCCCCCc1ccccc1O. The van der Waals surface area contributed by atoms with E-state index in [1.807, 2.05) is 36.4 Å². The maximum absolute atomic E-state index is 9.65. The van der Waals surface area contributed by atoms with Crippen LogP contribution in [-0.4, -0.2) is 10.2 Å². The lowest BCUT2D eigenvalue weighted by Gasteiger charge is -2.15. The fourth-order valence-corrected chi connectivity index (χ4v) is 6.65. The van der Waals surface area contributed by atoms with E-state index in [4.69, 9.17) is 0 Å². The Bertz CT molecular complexity index is 1170. The summed E-state index contributed by atoms with van der Waals surface area (Å²) in [5, 5.41) is 19.3. The van der Waals surface area contributed by atoms with Crippen LogP contribution < -0.4 is 0 Å². The fourth-order valence-electron chi connectivity index (χ4n) is 6.65. The normalized spacial score (nSPS) is 13.3. The van der Waals surface area contributed by atoms with E-state index in [2.05, 4.69) is 78.8 Å².